The van der Waals surface area contributed by atoms with Gasteiger partial charge in [-0.25, -0.2) is 13.8 Å². The standard InChI is InChI=1S/C18H22F2N6O4S2/c1-30-15-9-14(22-18(23-15)31-11-12-3-2-4-13(19)17(12)20)24-32(28,29)26-7-5-25(6-8-26)16(27)10-21/h2-4,9H,5-8,10-11,21H2,1H3,(H,22,23,24). The van der Waals surface area contributed by atoms with Gasteiger partial charge in [-0.3, -0.25) is 9.52 Å². The summed E-state index contributed by atoms with van der Waals surface area (Å²) < 4.78 is 61.5. The molecule has 0 radical (unpaired) electrons. The number of methoxy groups -OCH3 is 1. The summed E-state index contributed by atoms with van der Waals surface area (Å²) in [6, 6.07) is 5.15. The SMILES string of the molecule is COc1cc(NS(=O)(=O)N2CCN(C(=O)CN)CC2)nc(SCc2cccc(F)c2F)n1. The minimum absolute atomic E-state index is 0.0279. The maximum absolute atomic E-state index is 13.9. The Labute approximate surface area is 188 Å². The van der Waals surface area contributed by atoms with E-state index in [0.717, 1.165) is 17.8 Å². The van der Waals surface area contributed by atoms with E-state index in [9.17, 15) is 22.0 Å². The van der Waals surface area contributed by atoms with Crippen LogP contribution in [0, 0.1) is 11.6 Å². The number of thioether (sulfide) groups is 1. The molecule has 32 heavy (non-hydrogen) atoms. The number of amides is 1. The number of nitrogens with one attached hydrogen (secondary N) is 1. The summed E-state index contributed by atoms with van der Waals surface area (Å²) in [5.41, 5.74) is 5.46. The van der Waals surface area contributed by atoms with Crippen molar-refractivity contribution in [3.63, 3.8) is 0 Å². The molecule has 0 bridgehead atoms. The average molecular weight is 489 g/mol. The second-order valence-electron chi connectivity index (χ2n) is 6.67. The van der Waals surface area contributed by atoms with E-state index < -0.39 is 21.8 Å². The summed E-state index contributed by atoms with van der Waals surface area (Å²) in [5, 5.41) is 0.115. The van der Waals surface area contributed by atoms with Gasteiger partial charge in [-0.2, -0.15) is 17.7 Å². The van der Waals surface area contributed by atoms with Gasteiger partial charge in [0.1, 0.15) is 5.82 Å². The van der Waals surface area contributed by atoms with E-state index >= 15 is 0 Å². The smallest absolute Gasteiger partial charge is 0.302 e. The molecule has 10 nitrogen and oxygen atoms in total. The number of nitrogens with zero attached hydrogens (tertiary/aromatic N) is 4. The second-order valence-corrected chi connectivity index (χ2v) is 9.28. The summed E-state index contributed by atoms with van der Waals surface area (Å²) in [7, 11) is -2.61. The van der Waals surface area contributed by atoms with E-state index in [2.05, 4.69) is 14.7 Å². The zero-order chi connectivity index (χ0) is 23.3. The van der Waals surface area contributed by atoms with Crippen molar-refractivity contribution < 1.29 is 26.7 Å². The van der Waals surface area contributed by atoms with Crippen LogP contribution in [0.5, 0.6) is 5.88 Å². The number of carbonyl (C=O) groups is 1. The van der Waals surface area contributed by atoms with Crippen molar-refractivity contribution in [2.24, 2.45) is 5.73 Å². The van der Waals surface area contributed by atoms with Crippen molar-refractivity contribution in [3.05, 3.63) is 41.5 Å². The van der Waals surface area contributed by atoms with E-state index in [0.29, 0.717) is 0 Å². The van der Waals surface area contributed by atoms with Crippen LogP contribution in [0.1, 0.15) is 5.56 Å². The molecule has 3 N–H and O–H groups in total. The third kappa shape index (κ3) is 5.82. The van der Waals surface area contributed by atoms with Crippen LogP contribution in [0.25, 0.3) is 0 Å². The molecule has 0 aliphatic carbocycles. The number of piperazine rings is 1. The van der Waals surface area contributed by atoms with Crippen LogP contribution in [0.2, 0.25) is 0 Å². The number of aromatic nitrogens is 2. The predicted molar refractivity (Wildman–Crippen MR) is 114 cm³/mol. The Hall–Kier alpha value is -2.55. The molecular weight excluding hydrogens is 466 g/mol. The molecular formula is C18H22F2N6O4S2. The van der Waals surface area contributed by atoms with Gasteiger partial charge in [0, 0.05) is 43.6 Å². The lowest BCUT2D eigenvalue weighted by Crippen LogP contribution is -2.53. The van der Waals surface area contributed by atoms with Gasteiger partial charge in [-0.05, 0) is 6.07 Å². The number of carbonyl (C=O) groups excluding carboxylic acids is 1. The van der Waals surface area contributed by atoms with Crippen molar-refractivity contribution in [3.8, 4) is 5.88 Å². The zero-order valence-electron chi connectivity index (χ0n) is 17.1. The maximum Gasteiger partial charge on any atom is 0.302 e. The lowest BCUT2D eigenvalue weighted by atomic mass is 10.2. The van der Waals surface area contributed by atoms with Crippen LogP contribution in [-0.2, 0) is 20.8 Å². The molecule has 1 aliphatic heterocycles. The van der Waals surface area contributed by atoms with E-state index in [4.69, 9.17) is 10.5 Å². The molecule has 174 valence electrons. The van der Waals surface area contributed by atoms with Gasteiger partial charge in [-0.1, -0.05) is 23.9 Å². The number of halogens is 2. The van der Waals surface area contributed by atoms with E-state index in [-0.39, 0.29) is 66.8 Å². The van der Waals surface area contributed by atoms with Crippen LogP contribution in [0.4, 0.5) is 14.6 Å². The lowest BCUT2D eigenvalue weighted by Gasteiger charge is -2.33. The van der Waals surface area contributed by atoms with Crippen molar-refractivity contribution in [2.45, 2.75) is 10.9 Å². The summed E-state index contributed by atoms with van der Waals surface area (Å²) in [4.78, 5) is 21.4. The minimum Gasteiger partial charge on any atom is -0.481 e. The quantitative estimate of drug-likeness (QED) is 0.413. The molecule has 1 aromatic carbocycles. The minimum atomic E-state index is -3.96. The first kappa shape index (κ1) is 24.1. The monoisotopic (exact) mass is 488 g/mol. The van der Waals surface area contributed by atoms with E-state index in [1.807, 2.05) is 0 Å². The van der Waals surface area contributed by atoms with Crippen LogP contribution in [-0.4, -0.2) is 73.3 Å². The summed E-state index contributed by atoms with van der Waals surface area (Å²) in [5.74, 6) is -2.09. The highest BCUT2D eigenvalue weighted by atomic mass is 32.2. The topological polar surface area (TPSA) is 131 Å². The fourth-order valence-corrected chi connectivity index (χ4v) is 4.90. The van der Waals surface area contributed by atoms with Gasteiger partial charge in [-0.15, -0.1) is 0 Å². The molecule has 1 saturated heterocycles. The van der Waals surface area contributed by atoms with Crippen molar-refractivity contribution in [1.29, 1.82) is 0 Å². The van der Waals surface area contributed by atoms with Crippen LogP contribution in [0.15, 0.2) is 29.4 Å². The molecule has 14 heteroatoms. The van der Waals surface area contributed by atoms with E-state index in [1.54, 1.807) is 0 Å². The first-order valence-corrected chi connectivity index (χ1v) is 11.9. The Kier molecular flexibility index (Phi) is 7.82. The average Bonchev–Trinajstić information content (AvgIpc) is 2.79. The molecule has 0 unspecified atom stereocenters. The highest BCUT2D eigenvalue weighted by molar-refractivity contribution is 7.98. The Morgan fingerprint density at radius 2 is 1.97 bits per heavy atom. The number of ether oxygens (including phenoxy) is 1. The van der Waals surface area contributed by atoms with Gasteiger partial charge in [0.05, 0.1) is 13.7 Å². The third-order valence-electron chi connectivity index (χ3n) is 4.62. The molecule has 0 atom stereocenters. The Bertz CT molecular complexity index is 1080. The highest BCUT2D eigenvalue weighted by Crippen LogP contribution is 2.26. The van der Waals surface area contributed by atoms with Crippen molar-refractivity contribution in [2.75, 3.05) is 44.6 Å². The maximum atomic E-state index is 13.9. The normalized spacial score (nSPS) is 14.9. The molecule has 0 spiro atoms. The molecule has 1 aliphatic rings. The molecule has 1 fully saturated rings. The molecule has 1 aromatic heterocycles. The number of hydrogen-bond donors (Lipinski definition) is 2. The van der Waals surface area contributed by atoms with Gasteiger partial charge in [0.15, 0.2) is 16.8 Å². The van der Waals surface area contributed by atoms with Crippen LogP contribution < -0.4 is 15.2 Å². The summed E-state index contributed by atoms with van der Waals surface area (Å²) in [6.45, 7) is 0.522. The number of nitrogens with two attached hydrogens (primary N) is 1. The first-order valence-electron chi connectivity index (χ1n) is 9.48. The lowest BCUT2D eigenvalue weighted by molar-refractivity contribution is -0.130. The Balaban J connectivity index is 1.71. The van der Waals surface area contributed by atoms with Gasteiger partial charge >= 0.3 is 10.2 Å². The number of benzene rings is 1. The number of hydrogen-bond acceptors (Lipinski definition) is 8. The fourth-order valence-electron chi connectivity index (χ4n) is 2.93. The third-order valence-corrected chi connectivity index (χ3v) is 7.03. The predicted octanol–water partition coefficient (Wildman–Crippen LogP) is 0.815. The van der Waals surface area contributed by atoms with Crippen molar-refractivity contribution in [1.82, 2.24) is 19.2 Å². The first-order chi connectivity index (χ1) is 15.2. The van der Waals surface area contributed by atoms with Crippen molar-refractivity contribution >= 4 is 33.7 Å². The highest BCUT2D eigenvalue weighted by Gasteiger charge is 2.29. The molecule has 1 amide bonds. The number of anilines is 1. The van der Waals surface area contributed by atoms with Crippen LogP contribution in [0.3, 0.4) is 0 Å². The fraction of sp³-hybridized carbons (Fsp3) is 0.389. The molecule has 2 heterocycles. The van der Waals surface area contributed by atoms with E-state index in [1.165, 1.54) is 34.5 Å². The zero-order valence-corrected chi connectivity index (χ0v) is 18.8. The van der Waals surface area contributed by atoms with Gasteiger partial charge in [0.25, 0.3) is 0 Å². The van der Waals surface area contributed by atoms with Gasteiger partial charge < -0.3 is 15.4 Å². The van der Waals surface area contributed by atoms with Crippen LogP contribution >= 0.6 is 11.8 Å². The largest absolute Gasteiger partial charge is 0.481 e. The Morgan fingerprint density at radius 1 is 1.25 bits per heavy atom. The summed E-state index contributed by atoms with van der Waals surface area (Å²) >= 11 is 0.994. The molecule has 3 rings (SSSR count). The second kappa shape index (κ2) is 10.4. The molecule has 2 aromatic rings. The van der Waals surface area contributed by atoms with Gasteiger partial charge in [0.2, 0.25) is 11.8 Å². The molecule has 0 saturated carbocycles. The number of rotatable bonds is 8. The Morgan fingerprint density at radius 3 is 2.62 bits per heavy atom. The summed E-state index contributed by atoms with van der Waals surface area (Å²) in [6.07, 6.45) is 0.